The molecule has 0 saturated carbocycles. The van der Waals surface area contributed by atoms with Crippen LogP contribution in [0, 0.1) is 11.8 Å². The molecular weight excluding hydrogens is 400 g/mol. The Morgan fingerprint density at radius 2 is 2.13 bits per heavy atom. The molecule has 0 aromatic carbocycles. The third-order valence-corrected chi connectivity index (χ3v) is 6.84. The topological polar surface area (TPSA) is 96.4 Å². The molecule has 3 saturated heterocycles. The number of rotatable bonds is 12. The average Bonchev–Trinajstić information content (AvgIpc) is 3.39. The van der Waals surface area contributed by atoms with Crippen molar-refractivity contribution in [2.24, 2.45) is 11.8 Å². The highest BCUT2D eigenvalue weighted by molar-refractivity contribution is 5.98. The number of carbonyl (C=O) groups is 3. The van der Waals surface area contributed by atoms with E-state index in [9.17, 15) is 19.5 Å². The fraction of sp³-hybridized carbons (Fsp3) is 0.783. The van der Waals surface area contributed by atoms with E-state index in [1.165, 1.54) is 0 Å². The summed E-state index contributed by atoms with van der Waals surface area (Å²) < 4.78 is 11.6. The van der Waals surface area contributed by atoms with Gasteiger partial charge in [-0.1, -0.05) is 19.4 Å². The van der Waals surface area contributed by atoms with Crippen LogP contribution >= 0.6 is 0 Å². The molecule has 8 nitrogen and oxygen atoms in total. The van der Waals surface area contributed by atoms with Gasteiger partial charge >= 0.3 is 5.97 Å². The van der Waals surface area contributed by atoms with Crippen LogP contribution in [0.3, 0.4) is 0 Å². The Bertz CT molecular complexity index is 698. The lowest BCUT2D eigenvalue weighted by molar-refractivity contribution is -0.155. The summed E-state index contributed by atoms with van der Waals surface area (Å²) in [6.45, 7) is 9.20. The number of esters is 1. The van der Waals surface area contributed by atoms with Crippen LogP contribution < -0.4 is 0 Å². The monoisotopic (exact) mass is 436 g/mol. The fourth-order valence-electron chi connectivity index (χ4n) is 5.54. The Labute approximate surface area is 184 Å². The molecule has 0 aliphatic carbocycles. The first-order valence-electron chi connectivity index (χ1n) is 11.6. The first kappa shape index (κ1) is 23.7. The van der Waals surface area contributed by atoms with Gasteiger partial charge in [0, 0.05) is 26.2 Å². The summed E-state index contributed by atoms with van der Waals surface area (Å²) in [6, 6.07) is -0.759. The first-order valence-corrected chi connectivity index (χ1v) is 11.6. The van der Waals surface area contributed by atoms with E-state index >= 15 is 0 Å². The van der Waals surface area contributed by atoms with Crippen molar-refractivity contribution in [1.82, 2.24) is 9.80 Å². The Balaban J connectivity index is 1.96. The quantitative estimate of drug-likeness (QED) is 0.283. The number of fused-ring (bicyclic) bond motifs is 1. The maximum Gasteiger partial charge on any atom is 0.312 e. The van der Waals surface area contributed by atoms with Gasteiger partial charge in [-0.3, -0.25) is 14.4 Å². The molecule has 0 aromatic heterocycles. The summed E-state index contributed by atoms with van der Waals surface area (Å²) >= 11 is 0. The molecule has 3 heterocycles. The van der Waals surface area contributed by atoms with Crippen molar-refractivity contribution >= 4 is 17.8 Å². The molecule has 174 valence electrons. The number of hydrogen-bond donors (Lipinski definition) is 1. The van der Waals surface area contributed by atoms with Crippen molar-refractivity contribution < 1.29 is 29.0 Å². The van der Waals surface area contributed by atoms with E-state index < -0.39 is 29.4 Å². The molecule has 3 fully saturated rings. The van der Waals surface area contributed by atoms with Gasteiger partial charge in [0.2, 0.25) is 11.8 Å². The fourth-order valence-corrected chi connectivity index (χ4v) is 5.54. The molecule has 0 unspecified atom stereocenters. The van der Waals surface area contributed by atoms with Crippen molar-refractivity contribution in [2.75, 3.05) is 32.8 Å². The molecule has 1 spiro atoms. The molecule has 3 aliphatic rings. The Kier molecular flexibility index (Phi) is 7.75. The molecule has 31 heavy (non-hydrogen) atoms. The lowest BCUT2D eigenvalue weighted by Crippen LogP contribution is -2.56. The predicted octanol–water partition coefficient (Wildman–Crippen LogP) is 1.51. The first-order chi connectivity index (χ1) is 15.0. The molecule has 0 radical (unpaired) electrons. The van der Waals surface area contributed by atoms with Crippen LogP contribution in [0.4, 0.5) is 0 Å². The summed E-state index contributed by atoms with van der Waals surface area (Å²) in [7, 11) is 0. The van der Waals surface area contributed by atoms with E-state index in [0.29, 0.717) is 45.3 Å². The van der Waals surface area contributed by atoms with Gasteiger partial charge in [-0.05, 0) is 39.0 Å². The van der Waals surface area contributed by atoms with E-state index in [2.05, 4.69) is 13.5 Å². The van der Waals surface area contributed by atoms with Crippen LogP contribution in [0.1, 0.15) is 52.4 Å². The third kappa shape index (κ3) is 4.12. The number of aliphatic hydroxyl groups is 1. The van der Waals surface area contributed by atoms with Gasteiger partial charge in [0.25, 0.3) is 0 Å². The third-order valence-electron chi connectivity index (χ3n) is 6.84. The van der Waals surface area contributed by atoms with Gasteiger partial charge in [-0.2, -0.15) is 0 Å². The molecule has 2 amide bonds. The number of unbranched alkanes of at least 4 members (excludes halogenated alkanes) is 2. The Morgan fingerprint density at radius 1 is 1.35 bits per heavy atom. The molecule has 5 atom stereocenters. The number of carbonyl (C=O) groups excluding carboxylic acids is 3. The van der Waals surface area contributed by atoms with Crippen LogP contribution in [-0.4, -0.2) is 83.3 Å². The van der Waals surface area contributed by atoms with E-state index in [-0.39, 0.29) is 31.1 Å². The van der Waals surface area contributed by atoms with E-state index in [4.69, 9.17) is 9.47 Å². The second kappa shape index (κ2) is 10.1. The molecule has 3 rings (SSSR count). The van der Waals surface area contributed by atoms with Crippen molar-refractivity contribution in [3.8, 4) is 0 Å². The number of ether oxygens (including phenoxy) is 2. The van der Waals surface area contributed by atoms with Crippen LogP contribution in [0.5, 0.6) is 0 Å². The normalized spacial score (nSPS) is 31.1. The van der Waals surface area contributed by atoms with Crippen molar-refractivity contribution in [2.45, 2.75) is 70.1 Å². The number of likely N-dealkylation sites (tertiary alicyclic amines) is 1. The Hall–Kier alpha value is -1.93. The zero-order valence-corrected chi connectivity index (χ0v) is 18.8. The number of nitrogens with zero attached hydrogens (tertiary/aromatic N) is 2. The Morgan fingerprint density at radius 3 is 2.77 bits per heavy atom. The molecule has 8 heteroatoms. The summed E-state index contributed by atoms with van der Waals surface area (Å²) in [5.41, 5.74) is -0.985. The predicted molar refractivity (Wildman–Crippen MR) is 114 cm³/mol. The maximum absolute atomic E-state index is 13.8. The molecule has 1 N–H and O–H groups in total. The standard InChI is InChI=1S/C23H36N2O6/c1-4-7-13-24(12-5-2)21(28)19-23-11-10-16(31-23)17(22(29)30-6-3)18(23)20(27)25(19)14-8-9-15-26/h5,16-19,26H,2,4,6-15H2,1,3H3/t16-,17+,18+,19-,23+/m0/s1. The highest BCUT2D eigenvalue weighted by Crippen LogP contribution is 2.58. The van der Waals surface area contributed by atoms with E-state index in [1.54, 1.807) is 22.8 Å². The van der Waals surface area contributed by atoms with Crippen LogP contribution in [-0.2, 0) is 23.9 Å². The highest BCUT2D eigenvalue weighted by atomic mass is 16.6. The second-order valence-corrected chi connectivity index (χ2v) is 8.70. The minimum absolute atomic E-state index is 0.0261. The van der Waals surface area contributed by atoms with Gasteiger partial charge in [0.1, 0.15) is 11.6 Å². The molecular formula is C23H36N2O6. The summed E-state index contributed by atoms with van der Waals surface area (Å²) in [6.07, 6.45) is 5.46. The highest BCUT2D eigenvalue weighted by Gasteiger charge is 2.74. The number of amides is 2. The SMILES string of the molecule is C=CCN(CCCC)C(=O)[C@@H]1N(CCCCO)C(=O)[C@H]2[C@H](C(=O)OCC)[C@@H]3CC[C@]12O3. The van der Waals surface area contributed by atoms with E-state index in [0.717, 1.165) is 12.8 Å². The summed E-state index contributed by atoms with van der Waals surface area (Å²) in [5.74, 6) is -2.11. The van der Waals surface area contributed by atoms with Crippen LogP contribution in [0.15, 0.2) is 12.7 Å². The average molecular weight is 437 g/mol. The van der Waals surface area contributed by atoms with Gasteiger partial charge in [-0.15, -0.1) is 6.58 Å². The largest absolute Gasteiger partial charge is 0.466 e. The van der Waals surface area contributed by atoms with Crippen molar-refractivity contribution in [3.63, 3.8) is 0 Å². The van der Waals surface area contributed by atoms with E-state index in [1.807, 2.05) is 0 Å². The van der Waals surface area contributed by atoms with Crippen molar-refractivity contribution in [1.29, 1.82) is 0 Å². The lowest BCUT2D eigenvalue weighted by Gasteiger charge is -2.36. The minimum atomic E-state index is -0.985. The number of hydrogen-bond acceptors (Lipinski definition) is 6. The summed E-state index contributed by atoms with van der Waals surface area (Å²) in [5, 5.41) is 9.20. The zero-order chi connectivity index (χ0) is 22.6. The summed E-state index contributed by atoms with van der Waals surface area (Å²) in [4.78, 5) is 43.5. The number of aliphatic hydroxyl groups excluding tert-OH is 1. The van der Waals surface area contributed by atoms with Crippen molar-refractivity contribution in [3.05, 3.63) is 12.7 Å². The lowest BCUT2D eigenvalue weighted by atomic mass is 9.70. The van der Waals surface area contributed by atoms with Crippen LogP contribution in [0.25, 0.3) is 0 Å². The second-order valence-electron chi connectivity index (χ2n) is 8.70. The molecule has 0 aromatic rings. The van der Waals surface area contributed by atoms with Gasteiger partial charge in [0.05, 0.1) is 24.5 Å². The van der Waals surface area contributed by atoms with Gasteiger partial charge in [-0.25, -0.2) is 0 Å². The molecule has 3 aliphatic heterocycles. The smallest absolute Gasteiger partial charge is 0.312 e. The zero-order valence-electron chi connectivity index (χ0n) is 18.8. The van der Waals surface area contributed by atoms with Crippen LogP contribution in [0.2, 0.25) is 0 Å². The van der Waals surface area contributed by atoms with Gasteiger partial charge < -0.3 is 24.4 Å². The van der Waals surface area contributed by atoms with Gasteiger partial charge in [0.15, 0.2) is 0 Å². The molecule has 2 bridgehead atoms. The minimum Gasteiger partial charge on any atom is -0.466 e. The maximum atomic E-state index is 13.8.